The molecule has 8 heteroatoms. The molecule has 1 aliphatic rings. The van der Waals surface area contributed by atoms with Crippen LogP contribution in [-0.4, -0.2) is 59.9 Å². The lowest BCUT2D eigenvalue weighted by molar-refractivity contribution is -0.144. The topological polar surface area (TPSA) is 66.9 Å². The van der Waals surface area contributed by atoms with E-state index in [2.05, 4.69) is 0 Å². The fourth-order valence-corrected chi connectivity index (χ4v) is 2.79. The SMILES string of the molecule is CC(=O)N1CCN(C(=O)C(C)OC(=O)c2cc(Cl)ccc2Cl)CC1. The minimum atomic E-state index is -0.948. The molecule has 6 nitrogen and oxygen atoms in total. The molecule has 1 unspecified atom stereocenters. The fourth-order valence-electron chi connectivity index (χ4n) is 2.43. The Morgan fingerprint density at radius 2 is 1.67 bits per heavy atom. The third kappa shape index (κ3) is 4.39. The minimum absolute atomic E-state index is 0.0165. The lowest BCUT2D eigenvalue weighted by atomic mass is 10.2. The fraction of sp³-hybridized carbons (Fsp3) is 0.438. The molecule has 130 valence electrons. The number of benzene rings is 1. The summed E-state index contributed by atoms with van der Waals surface area (Å²) in [5.74, 6) is -1.02. The van der Waals surface area contributed by atoms with Crippen molar-refractivity contribution in [1.82, 2.24) is 9.80 Å². The van der Waals surface area contributed by atoms with Gasteiger partial charge in [0.25, 0.3) is 5.91 Å². The largest absolute Gasteiger partial charge is 0.449 e. The summed E-state index contributed by atoms with van der Waals surface area (Å²) < 4.78 is 5.21. The third-order valence-corrected chi connectivity index (χ3v) is 4.38. The molecule has 24 heavy (non-hydrogen) atoms. The number of hydrogen-bond acceptors (Lipinski definition) is 4. The van der Waals surface area contributed by atoms with Crippen molar-refractivity contribution in [2.24, 2.45) is 0 Å². The minimum Gasteiger partial charge on any atom is -0.449 e. The van der Waals surface area contributed by atoms with Gasteiger partial charge >= 0.3 is 5.97 Å². The second kappa shape index (κ2) is 7.85. The van der Waals surface area contributed by atoms with Gasteiger partial charge in [-0.1, -0.05) is 23.2 Å². The zero-order chi connectivity index (χ0) is 17.9. The van der Waals surface area contributed by atoms with E-state index in [9.17, 15) is 14.4 Å². The molecule has 0 spiro atoms. The maximum Gasteiger partial charge on any atom is 0.340 e. The zero-order valence-electron chi connectivity index (χ0n) is 13.4. The average molecular weight is 373 g/mol. The molecule has 0 saturated carbocycles. The van der Waals surface area contributed by atoms with E-state index in [0.29, 0.717) is 31.2 Å². The lowest BCUT2D eigenvalue weighted by Gasteiger charge is -2.35. The van der Waals surface area contributed by atoms with Crippen LogP contribution in [0.15, 0.2) is 18.2 Å². The van der Waals surface area contributed by atoms with E-state index in [1.165, 1.54) is 26.0 Å². The number of nitrogens with zero attached hydrogens (tertiary/aromatic N) is 2. The Kier molecular flexibility index (Phi) is 6.07. The van der Waals surface area contributed by atoms with Gasteiger partial charge in [0.1, 0.15) is 0 Å². The number of carbonyl (C=O) groups excluding carboxylic acids is 3. The number of hydrogen-bond donors (Lipinski definition) is 0. The van der Waals surface area contributed by atoms with E-state index in [0.717, 1.165) is 0 Å². The molecule has 0 aliphatic carbocycles. The van der Waals surface area contributed by atoms with Gasteiger partial charge in [-0.2, -0.15) is 0 Å². The quantitative estimate of drug-likeness (QED) is 0.763. The molecule has 0 radical (unpaired) electrons. The number of halogens is 2. The molecule has 1 fully saturated rings. The van der Waals surface area contributed by atoms with Crippen LogP contribution < -0.4 is 0 Å². The van der Waals surface area contributed by atoms with E-state index in [-0.39, 0.29) is 22.4 Å². The second-order valence-corrected chi connectivity index (χ2v) is 6.35. The first kappa shape index (κ1) is 18.5. The predicted molar refractivity (Wildman–Crippen MR) is 90.2 cm³/mol. The smallest absolute Gasteiger partial charge is 0.340 e. The maximum absolute atomic E-state index is 12.4. The molecule has 0 N–H and O–H groups in total. The van der Waals surface area contributed by atoms with Gasteiger partial charge in [0, 0.05) is 38.1 Å². The van der Waals surface area contributed by atoms with Crippen LogP contribution in [0, 0.1) is 0 Å². The van der Waals surface area contributed by atoms with Gasteiger partial charge in [0.05, 0.1) is 10.6 Å². The molecule has 1 aromatic rings. The lowest BCUT2D eigenvalue weighted by Crippen LogP contribution is -2.52. The van der Waals surface area contributed by atoms with Crippen LogP contribution in [0.2, 0.25) is 10.0 Å². The number of piperazine rings is 1. The highest BCUT2D eigenvalue weighted by atomic mass is 35.5. The highest BCUT2D eigenvalue weighted by Crippen LogP contribution is 2.22. The maximum atomic E-state index is 12.4. The first-order chi connectivity index (χ1) is 11.3. The predicted octanol–water partition coefficient (Wildman–Crippen LogP) is 2.23. The van der Waals surface area contributed by atoms with Gasteiger partial charge in [-0.3, -0.25) is 9.59 Å². The first-order valence-electron chi connectivity index (χ1n) is 7.50. The van der Waals surface area contributed by atoms with Crippen molar-refractivity contribution >= 4 is 41.0 Å². The summed E-state index contributed by atoms with van der Waals surface area (Å²) >= 11 is 11.8. The second-order valence-electron chi connectivity index (χ2n) is 5.50. The summed E-state index contributed by atoms with van der Waals surface area (Å²) in [5, 5.41) is 0.560. The molecule has 1 heterocycles. The summed E-state index contributed by atoms with van der Waals surface area (Å²) in [5.41, 5.74) is 0.116. The Morgan fingerprint density at radius 3 is 2.25 bits per heavy atom. The molecule has 2 amide bonds. The molecular weight excluding hydrogens is 355 g/mol. The Balaban J connectivity index is 1.95. The van der Waals surface area contributed by atoms with Crippen LogP contribution in [0.3, 0.4) is 0 Å². The Hall–Kier alpha value is -1.79. The summed E-state index contributed by atoms with van der Waals surface area (Å²) in [6.07, 6.45) is -0.948. The van der Waals surface area contributed by atoms with Crippen molar-refractivity contribution in [1.29, 1.82) is 0 Å². The number of esters is 1. The Morgan fingerprint density at radius 1 is 1.08 bits per heavy atom. The molecular formula is C16H18Cl2N2O4. The van der Waals surface area contributed by atoms with Gasteiger partial charge in [-0.15, -0.1) is 0 Å². The third-order valence-electron chi connectivity index (χ3n) is 3.82. The van der Waals surface area contributed by atoms with Crippen molar-refractivity contribution < 1.29 is 19.1 Å². The van der Waals surface area contributed by atoms with Crippen LogP contribution in [0.1, 0.15) is 24.2 Å². The van der Waals surface area contributed by atoms with Gasteiger partial charge in [0.2, 0.25) is 5.91 Å². The van der Waals surface area contributed by atoms with Crippen molar-refractivity contribution in [2.75, 3.05) is 26.2 Å². The molecule has 0 bridgehead atoms. The van der Waals surface area contributed by atoms with Crippen LogP contribution >= 0.6 is 23.2 Å². The normalized spacial score (nSPS) is 15.8. The number of carbonyl (C=O) groups is 3. The average Bonchev–Trinajstić information content (AvgIpc) is 2.56. The zero-order valence-corrected chi connectivity index (χ0v) is 14.9. The molecule has 0 aromatic heterocycles. The van der Waals surface area contributed by atoms with E-state index in [1.54, 1.807) is 15.9 Å². The van der Waals surface area contributed by atoms with E-state index >= 15 is 0 Å². The monoisotopic (exact) mass is 372 g/mol. The number of amides is 2. The van der Waals surface area contributed by atoms with E-state index in [1.807, 2.05) is 0 Å². The Labute approximate surface area is 150 Å². The van der Waals surface area contributed by atoms with Gasteiger partial charge in [-0.05, 0) is 25.1 Å². The van der Waals surface area contributed by atoms with Crippen LogP contribution in [0.5, 0.6) is 0 Å². The van der Waals surface area contributed by atoms with Crippen molar-refractivity contribution in [3.8, 4) is 0 Å². The molecule has 1 aliphatic heterocycles. The van der Waals surface area contributed by atoms with Crippen LogP contribution in [0.4, 0.5) is 0 Å². The van der Waals surface area contributed by atoms with Crippen molar-refractivity contribution in [3.63, 3.8) is 0 Å². The number of rotatable bonds is 3. The molecule has 2 rings (SSSR count). The summed E-state index contributed by atoms with van der Waals surface area (Å²) in [4.78, 5) is 39.1. The molecule has 1 atom stereocenters. The van der Waals surface area contributed by atoms with Gasteiger partial charge in [-0.25, -0.2) is 4.79 Å². The van der Waals surface area contributed by atoms with Crippen molar-refractivity contribution in [3.05, 3.63) is 33.8 Å². The number of ether oxygens (including phenoxy) is 1. The van der Waals surface area contributed by atoms with E-state index < -0.39 is 12.1 Å². The summed E-state index contributed by atoms with van der Waals surface area (Å²) in [6, 6.07) is 4.45. The van der Waals surface area contributed by atoms with Crippen LogP contribution in [-0.2, 0) is 14.3 Å². The summed E-state index contributed by atoms with van der Waals surface area (Å²) in [7, 11) is 0. The Bertz CT molecular complexity index is 657. The van der Waals surface area contributed by atoms with Gasteiger partial charge in [0.15, 0.2) is 6.10 Å². The summed E-state index contributed by atoms with van der Waals surface area (Å²) in [6.45, 7) is 4.78. The van der Waals surface area contributed by atoms with Crippen molar-refractivity contribution in [2.45, 2.75) is 20.0 Å². The van der Waals surface area contributed by atoms with Gasteiger partial charge < -0.3 is 14.5 Å². The molecule has 1 saturated heterocycles. The first-order valence-corrected chi connectivity index (χ1v) is 8.25. The highest BCUT2D eigenvalue weighted by Gasteiger charge is 2.28. The standard InChI is InChI=1S/C16H18Cl2N2O4/c1-10(15(22)20-7-5-19(6-8-20)11(2)21)24-16(23)13-9-12(17)3-4-14(13)18/h3-4,9-10H,5-8H2,1-2H3. The van der Waals surface area contributed by atoms with Crippen LogP contribution in [0.25, 0.3) is 0 Å². The highest BCUT2D eigenvalue weighted by molar-refractivity contribution is 6.35. The van der Waals surface area contributed by atoms with E-state index in [4.69, 9.17) is 27.9 Å². The molecule has 1 aromatic carbocycles.